The van der Waals surface area contributed by atoms with Gasteiger partial charge in [-0.3, -0.25) is 0 Å². The highest BCUT2D eigenvalue weighted by Crippen LogP contribution is 2.22. The van der Waals surface area contributed by atoms with Crippen LogP contribution in [0.3, 0.4) is 0 Å². The van der Waals surface area contributed by atoms with Gasteiger partial charge in [-0.2, -0.15) is 0 Å². The number of hydrogen-bond acceptors (Lipinski definition) is 1. The van der Waals surface area contributed by atoms with Crippen LogP contribution in [0.2, 0.25) is 19.6 Å². The van der Waals surface area contributed by atoms with Gasteiger partial charge in [0, 0.05) is 12.7 Å². The second-order valence-corrected chi connectivity index (χ2v) is 11.0. The maximum Gasteiger partial charge on any atom is 0.278 e. The van der Waals surface area contributed by atoms with Crippen LogP contribution in [0.1, 0.15) is 5.56 Å². The Morgan fingerprint density at radius 1 is 1.12 bits per heavy atom. The predicted octanol–water partition coefficient (Wildman–Crippen LogP) is 3.07. The van der Waals surface area contributed by atoms with Crippen LogP contribution in [0, 0.1) is 0 Å². The van der Waals surface area contributed by atoms with E-state index >= 15 is 0 Å². The van der Waals surface area contributed by atoms with Crippen molar-refractivity contribution in [1.29, 1.82) is 0 Å². The minimum Gasteiger partial charge on any atom is -0.360 e. The van der Waals surface area contributed by atoms with Crippen molar-refractivity contribution in [1.82, 2.24) is 0 Å². The number of methoxy groups -OCH3 is 1. The van der Waals surface area contributed by atoms with Crippen LogP contribution in [0.25, 0.3) is 0 Å². The fourth-order valence-electron chi connectivity index (χ4n) is 1.75. The molecule has 1 aromatic carbocycles. The Kier molecular flexibility index (Phi) is 4.30. The molecule has 0 heterocycles. The molecule has 16 heavy (non-hydrogen) atoms. The molecule has 0 aliphatic carbocycles. The highest BCUT2D eigenvalue weighted by atomic mass is 28.3. The van der Waals surface area contributed by atoms with Crippen molar-refractivity contribution >= 4 is 8.24 Å². The van der Waals surface area contributed by atoms with Gasteiger partial charge in [0.05, 0.1) is 13.6 Å². The maximum atomic E-state index is 5.41. The van der Waals surface area contributed by atoms with Gasteiger partial charge >= 0.3 is 0 Å². The number of quaternary nitrogens is 1. The number of nitrogens with zero attached hydrogens (tertiary/aromatic N) is 1. The molecule has 0 N–H and O–H groups in total. The first kappa shape index (κ1) is 13.4. The molecule has 0 aliphatic rings. The summed E-state index contributed by atoms with van der Waals surface area (Å²) in [4.78, 5) is 0. The van der Waals surface area contributed by atoms with E-state index in [9.17, 15) is 0 Å². The lowest BCUT2D eigenvalue weighted by molar-refractivity contribution is -0.848. The molecule has 3 heteroatoms. The van der Waals surface area contributed by atoms with E-state index in [1.54, 1.807) is 7.11 Å². The van der Waals surface area contributed by atoms with E-state index in [1.807, 2.05) is 0 Å². The van der Waals surface area contributed by atoms with Crippen LogP contribution in [0.4, 0.5) is 0 Å². The lowest BCUT2D eigenvalue weighted by atomic mass is 10.2. The van der Waals surface area contributed by atoms with Gasteiger partial charge in [0.15, 0.2) is 6.73 Å². The number of rotatable bonds is 5. The molecule has 1 aromatic rings. The van der Waals surface area contributed by atoms with Gasteiger partial charge in [0.1, 0.15) is 0 Å². The fraction of sp³-hybridized carbons (Fsp3) is 0.538. The van der Waals surface area contributed by atoms with Crippen molar-refractivity contribution in [2.45, 2.75) is 26.2 Å². The minimum absolute atomic E-state index is 0.796. The third kappa shape index (κ3) is 3.17. The number of benzene rings is 1. The number of ether oxygens (including phenoxy) is 1. The predicted molar refractivity (Wildman–Crippen MR) is 71.6 cm³/mol. The summed E-state index contributed by atoms with van der Waals surface area (Å²) >= 11 is 0. The highest BCUT2D eigenvalue weighted by molar-refractivity contribution is 6.68. The molecule has 0 saturated heterocycles. The lowest BCUT2D eigenvalue weighted by Gasteiger charge is -2.44. The molecule has 2 nitrogen and oxygen atoms in total. The van der Waals surface area contributed by atoms with E-state index in [2.05, 4.69) is 57.0 Å². The Morgan fingerprint density at radius 2 is 1.69 bits per heavy atom. The summed E-state index contributed by atoms with van der Waals surface area (Å²) in [5, 5.41) is 0. The van der Waals surface area contributed by atoms with Crippen LogP contribution >= 0.6 is 0 Å². The summed E-state index contributed by atoms with van der Waals surface area (Å²) in [5.74, 6) is 0. The second kappa shape index (κ2) is 5.12. The third-order valence-electron chi connectivity index (χ3n) is 3.41. The Labute approximate surface area is 101 Å². The molecule has 0 amide bonds. The third-order valence-corrected chi connectivity index (χ3v) is 6.93. The SMILES string of the molecule is COC[N+](C)(Cc1ccccc1)[Si](C)(C)C. The molecule has 0 aromatic heterocycles. The Balaban J connectivity index is 2.88. The molecule has 90 valence electrons. The average molecular weight is 238 g/mol. The van der Waals surface area contributed by atoms with Gasteiger partial charge in [-0.15, -0.1) is 0 Å². The molecule has 1 atom stereocenters. The van der Waals surface area contributed by atoms with E-state index in [1.165, 1.54) is 5.56 Å². The molecule has 0 saturated carbocycles. The monoisotopic (exact) mass is 238 g/mol. The highest BCUT2D eigenvalue weighted by Gasteiger charge is 2.39. The molecule has 0 bridgehead atoms. The van der Waals surface area contributed by atoms with Gasteiger partial charge in [0.2, 0.25) is 0 Å². The van der Waals surface area contributed by atoms with E-state index in [-0.39, 0.29) is 0 Å². The van der Waals surface area contributed by atoms with Crippen LogP contribution < -0.4 is 0 Å². The van der Waals surface area contributed by atoms with Gasteiger partial charge in [-0.05, 0) is 19.6 Å². The van der Waals surface area contributed by atoms with Gasteiger partial charge in [0.25, 0.3) is 8.24 Å². The zero-order chi connectivity index (χ0) is 12.2. The topological polar surface area (TPSA) is 9.23 Å². The van der Waals surface area contributed by atoms with Crippen LogP contribution in [0.15, 0.2) is 30.3 Å². The largest absolute Gasteiger partial charge is 0.360 e. The molecule has 0 spiro atoms. The zero-order valence-corrected chi connectivity index (χ0v) is 12.2. The molecule has 0 fully saturated rings. The molecule has 1 unspecified atom stereocenters. The van der Waals surface area contributed by atoms with Gasteiger partial charge in [-0.25, -0.2) is 0 Å². The van der Waals surface area contributed by atoms with E-state index in [0.717, 1.165) is 17.4 Å². The van der Waals surface area contributed by atoms with Crippen molar-refractivity contribution in [3.05, 3.63) is 35.9 Å². The number of hydrogen-bond donors (Lipinski definition) is 0. The van der Waals surface area contributed by atoms with Crippen molar-refractivity contribution in [2.75, 3.05) is 20.9 Å². The first-order chi connectivity index (χ1) is 7.39. The van der Waals surface area contributed by atoms with Gasteiger partial charge < -0.3 is 8.89 Å². The normalized spacial score (nSPS) is 15.8. The maximum absolute atomic E-state index is 5.41. The van der Waals surface area contributed by atoms with Crippen LogP contribution in [-0.4, -0.2) is 33.3 Å². The Hall–Kier alpha value is -0.643. The summed E-state index contributed by atoms with van der Waals surface area (Å²) in [6.45, 7) is 9.05. The second-order valence-electron chi connectivity index (χ2n) is 5.63. The van der Waals surface area contributed by atoms with Crippen molar-refractivity contribution in [3.8, 4) is 0 Å². The first-order valence-corrected chi connectivity index (χ1v) is 9.21. The van der Waals surface area contributed by atoms with Crippen molar-refractivity contribution in [3.63, 3.8) is 0 Å². The lowest BCUT2D eigenvalue weighted by Crippen LogP contribution is -2.61. The van der Waals surface area contributed by atoms with E-state index in [4.69, 9.17) is 4.74 Å². The quantitative estimate of drug-likeness (QED) is 0.566. The van der Waals surface area contributed by atoms with Crippen LogP contribution in [-0.2, 0) is 11.3 Å². The van der Waals surface area contributed by atoms with Crippen molar-refractivity contribution < 1.29 is 8.89 Å². The summed E-state index contributed by atoms with van der Waals surface area (Å²) in [6.07, 6.45) is 0. The minimum atomic E-state index is -1.30. The summed E-state index contributed by atoms with van der Waals surface area (Å²) in [6, 6.07) is 10.7. The first-order valence-electron chi connectivity index (χ1n) is 5.76. The smallest absolute Gasteiger partial charge is 0.278 e. The Bertz CT molecular complexity index is 320. The van der Waals surface area contributed by atoms with Crippen LogP contribution in [0.5, 0.6) is 0 Å². The summed E-state index contributed by atoms with van der Waals surface area (Å²) in [5.41, 5.74) is 1.39. The zero-order valence-electron chi connectivity index (χ0n) is 11.2. The average Bonchev–Trinajstić information content (AvgIpc) is 2.17. The molecular formula is C13H24NOSi+. The van der Waals surface area contributed by atoms with E-state index in [0.29, 0.717) is 0 Å². The standard InChI is InChI=1S/C13H24NOSi/c1-14(12-15-2,16(3,4)5)11-13-9-7-6-8-10-13/h6-10H,11-12H2,1-5H3/q+1. The van der Waals surface area contributed by atoms with Crippen molar-refractivity contribution in [2.24, 2.45) is 0 Å². The molecule has 0 aliphatic heterocycles. The Morgan fingerprint density at radius 3 is 2.12 bits per heavy atom. The summed E-state index contributed by atoms with van der Waals surface area (Å²) in [7, 11) is 2.80. The summed E-state index contributed by atoms with van der Waals surface area (Å²) < 4.78 is 6.43. The van der Waals surface area contributed by atoms with E-state index < -0.39 is 8.24 Å². The molecule has 0 radical (unpaired) electrons. The molecule has 1 rings (SSSR count). The molecular weight excluding hydrogens is 214 g/mol. The van der Waals surface area contributed by atoms with Gasteiger partial charge in [-0.1, -0.05) is 30.3 Å². The fourth-order valence-corrected chi connectivity index (χ4v) is 2.92.